The Hall–Kier alpha value is -5.09. The van der Waals surface area contributed by atoms with Crippen LogP contribution in [0.1, 0.15) is 32.6 Å². The van der Waals surface area contributed by atoms with Gasteiger partial charge in [0.05, 0.1) is 18.7 Å². The van der Waals surface area contributed by atoms with E-state index < -0.39 is 17.9 Å². The van der Waals surface area contributed by atoms with Crippen LogP contribution in [0.15, 0.2) is 103 Å². The summed E-state index contributed by atoms with van der Waals surface area (Å²) in [7, 11) is 1.63. The Bertz CT molecular complexity index is 1430. The van der Waals surface area contributed by atoms with Crippen molar-refractivity contribution in [2.75, 3.05) is 12.0 Å². The lowest BCUT2D eigenvalue weighted by atomic mass is 10.0. The van der Waals surface area contributed by atoms with Crippen molar-refractivity contribution in [2.45, 2.75) is 25.6 Å². The molecule has 1 atom stereocenters. The van der Waals surface area contributed by atoms with Crippen LogP contribution in [-0.2, 0) is 24.3 Å². The van der Waals surface area contributed by atoms with E-state index in [9.17, 15) is 14.7 Å². The van der Waals surface area contributed by atoms with E-state index >= 15 is 0 Å². The number of carboxylic acid groups (broad SMARTS) is 1. The van der Waals surface area contributed by atoms with Gasteiger partial charge in [-0.3, -0.25) is 4.79 Å². The number of nitrogens with zero attached hydrogens (tertiary/aromatic N) is 2. The Balaban J connectivity index is 1.48. The first-order chi connectivity index (χ1) is 18.9. The van der Waals surface area contributed by atoms with Crippen LogP contribution in [0, 0.1) is 11.3 Å². The minimum absolute atomic E-state index is 0.201. The maximum Gasteiger partial charge on any atom is 0.326 e. The fourth-order valence-corrected chi connectivity index (χ4v) is 4.21. The van der Waals surface area contributed by atoms with Gasteiger partial charge in [0, 0.05) is 30.8 Å². The summed E-state index contributed by atoms with van der Waals surface area (Å²) in [5, 5.41) is 21.4. The molecular formula is C32H29N3O4. The molecule has 0 saturated carbocycles. The molecule has 0 bridgehead atoms. The highest BCUT2D eigenvalue weighted by molar-refractivity contribution is 5.96. The van der Waals surface area contributed by atoms with Gasteiger partial charge < -0.3 is 20.1 Å². The second-order valence-corrected chi connectivity index (χ2v) is 9.11. The number of ether oxygens (including phenoxy) is 1. The Morgan fingerprint density at radius 3 is 1.97 bits per heavy atom. The zero-order chi connectivity index (χ0) is 27.6. The lowest BCUT2D eigenvalue weighted by molar-refractivity contribution is -0.139. The first kappa shape index (κ1) is 27.0. The van der Waals surface area contributed by atoms with Crippen LogP contribution in [0.5, 0.6) is 5.75 Å². The minimum atomic E-state index is -1.08. The number of aliphatic carboxylic acids is 1. The normalized spacial score (nSPS) is 11.2. The number of nitriles is 1. The maximum atomic E-state index is 12.8. The van der Waals surface area contributed by atoms with Crippen molar-refractivity contribution >= 4 is 17.6 Å². The minimum Gasteiger partial charge on any atom is -0.497 e. The second kappa shape index (κ2) is 12.9. The van der Waals surface area contributed by atoms with Gasteiger partial charge in [-0.05, 0) is 65.2 Å². The van der Waals surface area contributed by atoms with Gasteiger partial charge in [0.1, 0.15) is 11.8 Å². The second-order valence-electron chi connectivity index (χ2n) is 9.11. The number of carbonyl (C=O) groups is 2. The van der Waals surface area contributed by atoms with Gasteiger partial charge in [-0.25, -0.2) is 4.79 Å². The number of carboxylic acids is 1. The van der Waals surface area contributed by atoms with E-state index in [2.05, 4.69) is 16.3 Å². The van der Waals surface area contributed by atoms with Gasteiger partial charge in [0.2, 0.25) is 0 Å². The predicted molar refractivity (Wildman–Crippen MR) is 150 cm³/mol. The van der Waals surface area contributed by atoms with E-state index in [1.807, 2.05) is 78.9 Å². The first-order valence-electron chi connectivity index (χ1n) is 12.5. The van der Waals surface area contributed by atoms with Crippen LogP contribution in [-0.4, -0.2) is 30.1 Å². The average Bonchev–Trinajstić information content (AvgIpc) is 2.97. The lowest BCUT2D eigenvalue weighted by Gasteiger charge is -2.25. The van der Waals surface area contributed by atoms with Crippen LogP contribution in [0.25, 0.3) is 0 Å². The largest absolute Gasteiger partial charge is 0.497 e. The van der Waals surface area contributed by atoms with Gasteiger partial charge in [-0.2, -0.15) is 5.26 Å². The highest BCUT2D eigenvalue weighted by Gasteiger charge is 2.21. The molecule has 196 valence electrons. The number of anilines is 1. The quantitative estimate of drug-likeness (QED) is 0.282. The fourth-order valence-electron chi connectivity index (χ4n) is 4.21. The van der Waals surface area contributed by atoms with Crippen LogP contribution >= 0.6 is 0 Å². The number of benzene rings is 4. The third-order valence-electron chi connectivity index (χ3n) is 6.37. The third-order valence-corrected chi connectivity index (χ3v) is 6.37. The average molecular weight is 520 g/mol. The smallest absolute Gasteiger partial charge is 0.326 e. The summed E-state index contributed by atoms with van der Waals surface area (Å²) in [5.41, 5.74) is 4.86. The summed E-state index contributed by atoms with van der Waals surface area (Å²) in [6, 6.07) is 32.8. The molecule has 0 aliphatic rings. The lowest BCUT2D eigenvalue weighted by Crippen LogP contribution is -2.42. The molecular weight excluding hydrogens is 490 g/mol. The van der Waals surface area contributed by atoms with Gasteiger partial charge >= 0.3 is 5.97 Å². The molecule has 0 heterocycles. The molecule has 0 radical (unpaired) electrons. The van der Waals surface area contributed by atoms with Gasteiger partial charge in [-0.15, -0.1) is 0 Å². The SMILES string of the molecule is COc1ccc(N(Cc2ccc(C#N)cc2)Cc2ccc(C(=O)NC(Cc3ccccc3)C(=O)O)cc2)cc1. The maximum absolute atomic E-state index is 12.8. The van der Waals surface area contributed by atoms with Crippen molar-refractivity contribution < 1.29 is 19.4 Å². The van der Waals surface area contributed by atoms with Gasteiger partial charge in [-0.1, -0.05) is 54.6 Å². The van der Waals surface area contributed by atoms with E-state index in [1.54, 1.807) is 31.4 Å². The zero-order valence-corrected chi connectivity index (χ0v) is 21.6. The van der Waals surface area contributed by atoms with Gasteiger partial charge in [0.25, 0.3) is 5.91 Å². The van der Waals surface area contributed by atoms with Gasteiger partial charge in [0.15, 0.2) is 0 Å². The van der Waals surface area contributed by atoms with Crippen molar-refractivity contribution in [3.63, 3.8) is 0 Å². The molecule has 4 rings (SSSR count). The number of carbonyl (C=O) groups excluding carboxylic acids is 1. The molecule has 0 fully saturated rings. The van der Waals surface area contributed by atoms with E-state index in [-0.39, 0.29) is 6.42 Å². The van der Waals surface area contributed by atoms with Crippen LogP contribution < -0.4 is 15.0 Å². The molecule has 0 aromatic heterocycles. The molecule has 39 heavy (non-hydrogen) atoms. The van der Waals surface area contributed by atoms with Crippen molar-refractivity contribution in [3.05, 3.63) is 131 Å². The molecule has 1 amide bonds. The van der Waals surface area contributed by atoms with E-state index in [0.29, 0.717) is 24.2 Å². The van der Waals surface area contributed by atoms with E-state index in [0.717, 1.165) is 28.1 Å². The summed E-state index contributed by atoms with van der Waals surface area (Å²) in [6.07, 6.45) is 0.201. The monoisotopic (exact) mass is 519 g/mol. The molecule has 1 unspecified atom stereocenters. The summed E-state index contributed by atoms with van der Waals surface area (Å²) in [4.78, 5) is 26.8. The Labute approximate surface area is 227 Å². The highest BCUT2D eigenvalue weighted by Crippen LogP contribution is 2.24. The Morgan fingerprint density at radius 2 is 1.44 bits per heavy atom. The highest BCUT2D eigenvalue weighted by atomic mass is 16.5. The summed E-state index contributed by atoms with van der Waals surface area (Å²) >= 11 is 0. The first-order valence-corrected chi connectivity index (χ1v) is 12.5. The van der Waals surface area contributed by atoms with Crippen molar-refractivity contribution in [1.82, 2.24) is 5.32 Å². The molecule has 0 aliphatic carbocycles. The predicted octanol–water partition coefficient (Wildman–Crippen LogP) is 5.20. The number of hydrogen-bond acceptors (Lipinski definition) is 5. The Kier molecular flexibility index (Phi) is 8.94. The number of nitrogens with one attached hydrogen (secondary N) is 1. The molecule has 0 saturated heterocycles. The van der Waals surface area contributed by atoms with Crippen LogP contribution in [0.2, 0.25) is 0 Å². The molecule has 2 N–H and O–H groups in total. The van der Waals surface area contributed by atoms with E-state index in [1.165, 1.54) is 0 Å². The summed E-state index contributed by atoms with van der Waals surface area (Å²) in [6.45, 7) is 1.18. The fraction of sp³-hybridized carbons (Fsp3) is 0.156. The molecule has 7 nitrogen and oxygen atoms in total. The third kappa shape index (κ3) is 7.46. The number of amides is 1. The number of hydrogen-bond donors (Lipinski definition) is 2. The van der Waals surface area contributed by atoms with Crippen LogP contribution in [0.4, 0.5) is 5.69 Å². The summed E-state index contributed by atoms with van der Waals surface area (Å²) < 4.78 is 5.30. The van der Waals surface area contributed by atoms with Crippen molar-refractivity contribution in [3.8, 4) is 11.8 Å². The van der Waals surface area contributed by atoms with E-state index in [4.69, 9.17) is 10.00 Å². The van der Waals surface area contributed by atoms with Crippen molar-refractivity contribution in [1.29, 1.82) is 5.26 Å². The molecule has 4 aromatic rings. The van der Waals surface area contributed by atoms with Crippen molar-refractivity contribution in [2.24, 2.45) is 0 Å². The zero-order valence-electron chi connectivity index (χ0n) is 21.6. The molecule has 0 spiro atoms. The topological polar surface area (TPSA) is 103 Å². The number of rotatable bonds is 11. The molecule has 4 aromatic carbocycles. The Morgan fingerprint density at radius 1 is 0.846 bits per heavy atom. The molecule has 0 aliphatic heterocycles. The standard InChI is InChI=1S/C32H29N3O4/c1-39-29-17-15-28(16-18-29)35(21-25-9-7-24(20-33)8-10-25)22-26-11-13-27(14-12-26)31(36)34-30(32(37)38)19-23-5-3-2-4-6-23/h2-18,30H,19,21-22H2,1H3,(H,34,36)(H,37,38). The summed E-state index contributed by atoms with van der Waals surface area (Å²) in [5.74, 6) is -0.754. The number of methoxy groups -OCH3 is 1. The molecule has 7 heteroatoms. The van der Waals surface area contributed by atoms with Crippen LogP contribution in [0.3, 0.4) is 0 Å².